The van der Waals surface area contributed by atoms with Crippen molar-refractivity contribution in [2.45, 2.75) is 6.92 Å². The van der Waals surface area contributed by atoms with Crippen LogP contribution in [0.3, 0.4) is 0 Å². The van der Waals surface area contributed by atoms with Crippen molar-refractivity contribution in [1.82, 2.24) is 4.98 Å². The van der Waals surface area contributed by atoms with Gasteiger partial charge in [-0.1, -0.05) is 60.1 Å². The number of halogens is 1. The molecule has 0 aliphatic carbocycles. The number of rotatable bonds is 5. The van der Waals surface area contributed by atoms with Crippen LogP contribution in [0.15, 0.2) is 78.9 Å². The van der Waals surface area contributed by atoms with Gasteiger partial charge in [-0.15, -0.1) is 0 Å². The summed E-state index contributed by atoms with van der Waals surface area (Å²) in [5.41, 5.74) is 4.76. The summed E-state index contributed by atoms with van der Waals surface area (Å²) in [6, 6.07) is 23.0. The van der Waals surface area contributed by atoms with E-state index in [1.165, 1.54) is 0 Å². The second kappa shape index (κ2) is 8.52. The van der Waals surface area contributed by atoms with Gasteiger partial charge in [-0.25, -0.2) is 0 Å². The van der Waals surface area contributed by atoms with E-state index in [1.54, 1.807) is 19.3 Å². The van der Waals surface area contributed by atoms with Gasteiger partial charge in [0.15, 0.2) is 5.78 Å². The molecule has 0 unspecified atom stereocenters. The van der Waals surface area contributed by atoms with E-state index in [-0.39, 0.29) is 5.78 Å². The molecule has 0 spiro atoms. The van der Waals surface area contributed by atoms with Crippen molar-refractivity contribution < 1.29 is 9.53 Å². The summed E-state index contributed by atoms with van der Waals surface area (Å²) in [5.74, 6) is 0.635. The predicted octanol–water partition coefficient (Wildman–Crippen LogP) is 6.77. The fourth-order valence-electron chi connectivity index (χ4n) is 3.56. The fraction of sp³-hybridized carbons (Fsp3) is 0.0769. The van der Waals surface area contributed by atoms with Crippen LogP contribution in [-0.2, 0) is 0 Å². The van der Waals surface area contributed by atoms with Crippen LogP contribution in [0, 0.1) is 6.92 Å². The highest BCUT2D eigenvalue weighted by atomic mass is 35.5. The molecule has 3 aromatic carbocycles. The summed E-state index contributed by atoms with van der Waals surface area (Å²) in [6.07, 6.45) is 3.38. The summed E-state index contributed by atoms with van der Waals surface area (Å²) in [7, 11) is 1.62. The molecule has 1 aromatic heterocycles. The number of allylic oxidation sites excluding steroid dienone is 1. The smallest absolute Gasteiger partial charge is 0.188 e. The third-order valence-corrected chi connectivity index (χ3v) is 5.19. The van der Waals surface area contributed by atoms with E-state index in [1.807, 2.05) is 79.7 Å². The van der Waals surface area contributed by atoms with Crippen LogP contribution in [0.2, 0.25) is 5.02 Å². The van der Waals surface area contributed by atoms with Crippen molar-refractivity contribution in [3.8, 4) is 16.9 Å². The lowest BCUT2D eigenvalue weighted by Gasteiger charge is -2.14. The van der Waals surface area contributed by atoms with Gasteiger partial charge >= 0.3 is 0 Å². The van der Waals surface area contributed by atoms with Gasteiger partial charge in [-0.05, 0) is 54.5 Å². The third-order valence-electron chi connectivity index (χ3n) is 4.96. The van der Waals surface area contributed by atoms with Gasteiger partial charge in [-0.3, -0.25) is 9.78 Å². The molecule has 0 amide bonds. The summed E-state index contributed by atoms with van der Waals surface area (Å²) in [5, 5.41) is 1.47. The van der Waals surface area contributed by atoms with E-state index in [9.17, 15) is 4.79 Å². The Labute approximate surface area is 180 Å². The number of ether oxygens (including phenoxy) is 1. The zero-order valence-corrected chi connectivity index (χ0v) is 17.5. The number of fused-ring (bicyclic) bond motifs is 1. The molecule has 0 aliphatic heterocycles. The molecular weight excluding hydrogens is 394 g/mol. The number of pyridine rings is 1. The molecule has 0 radical (unpaired) electrons. The van der Waals surface area contributed by atoms with Crippen LogP contribution >= 0.6 is 11.6 Å². The highest BCUT2D eigenvalue weighted by molar-refractivity contribution is 6.31. The number of ketones is 1. The monoisotopic (exact) mass is 413 g/mol. The molecule has 4 aromatic rings. The maximum atomic E-state index is 13.3. The molecule has 4 heteroatoms. The first-order valence-electron chi connectivity index (χ1n) is 9.58. The molecule has 148 valence electrons. The Morgan fingerprint density at radius 2 is 1.80 bits per heavy atom. The van der Waals surface area contributed by atoms with Gasteiger partial charge < -0.3 is 4.74 Å². The van der Waals surface area contributed by atoms with Gasteiger partial charge in [0.2, 0.25) is 0 Å². The molecule has 4 rings (SSSR count). The van der Waals surface area contributed by atoms with E-state index in [4.69, 9.17) is 16.3 Å². The fourth-order valence-corrected chi connectivity index (χ4v) is 3.74. The van der Waals surface area contributed by atoms with Crippen molar-refractivity contribution in [2.24, 2.45) is 0 Å². The quantitative estimate of drug-likeness (QED) is 0.268. The zero-order valence-electron chi connectivity index (χ0n) is 16.7. The highest BCUT2D eigenvalue weighted by Gasteiger charge is 2.19. The maximum absolute atomic E-state index is 13.3. The average molecular weight is 414 g/mol. The van der Waals surface area contributed by atoms with Crippen molar-refractivity contribution in [3.63, 3.8) is 0 Å². The molecule has 0 N–H and O–H groups in total. The number of aromatic nitrogens is 1. The number of methoxy groups -OCH3 is 1. The van der Waals surface area contributed by atoms with Crippen LogP contribution in [0.25, 0.3) is 28.1 Å². The van der Waals surface area contributed by atoms with Gasteiger partial charge in [0, 0.05) is 21.7 Å². The molecule has 0 aliphatic rings. The average Bonchev–Trinajstić information content (AvgIpc) is 2.77. The Balaban J connectivity index is 1.88. The number of benzene rings is 3. The normalized spacial score (nSPS) is 11.2. The summed E-state index contributed by atoms with van der Waals surface area (Å²) in [4.78, 5) is 18.0. The van der Waals surface area contributed by atoms with Crippen molar-refractivity contribution in [3.05, 3.63) is 101 Å². The van der Waals surface area contributed by atoms with Crippen LogP contribution in [-0.4, -0.2) is 17.9 Å². The number of hydrogen-bond acceptors (Lipinski definition) is 3. The molecule has 1 heterocycles. The summed E-state index contributed by atoms with van der Waals surface area (Å²) >= 11 is 6.28. The van der Waals surface area contributed by atoms with Gasteiger partial charge in [0.1, 0.15) is 5.75 Å². The molecule has 3 nitrogen and oxygen atoms in total. The lowest BCUT2D eigenvalue weighted by atomic mass is 9.92. The van der Waals surface area contributed by atoms with Gasteiger partial charge in [0.05, 0.1) is 18.2 Å². The maximum Gasteiger partial charge on any atom is 0.188 e. The Hall–Kier alpha value is -3.43. The van der Waals surface area contributed by atoms with E-state index in [0.717, 1.165) is 33.3 Å². The van der Waals surface area contributed by atoms with Crippen LogP contribution in [0.4, 0.5) is 0 Å². The summed E-state index contributed by atoms with van der Waals surface area (Å²) < 4.78 is 5.26. The SMILES string of the molecule is COc1cccc(C=CC(=O)c2c(C)nc3ccc(Cl)cc3c2-c2ccccc2)c1. The lowest BCUT2D eigenvalue weighted by molar-refractivity contribution is 0.104. The standard InChI is InChI=1S/C26H20ClNO2/c1-17-25(24(29)14-11-18-7-6-10-21(15-18)30-2)26(19-8-4-3-5-9-19)22-16-20(27)12-13-23(22)28-17/h3-16H,1-2H3. The van der Waals surface area contributed by atoms with Crippen molar-refractivity contribution >= 4 is 34.4 Å². The minimum Gasteiger partial charge on any atom is -0.497 e. The number of carbonyl (C=O) groups is 1. The minimum atomic E-state index is -0.108. The second-order valence-corrected chi connectivity index (χ2v) is 7.39. The Kier molecular flexibility index (Phi) is 5.64. The predicted molar refractivity (Wildman–Crippen MR) is 123 cm³/mol. The Bertz CT molecular complexity index is 1260. The Morgan fingerprint density at radius 3 is 2.57 bits per heavy atom. The van der Waals surface area contributed by atoms with E-state index in [0.29, 0.717) is 16.3 Å². The Morgan fingerprint density at radius 1 is 1.00 bits per heavy atom. The molecule has 30 heavy (non-hydrogen) atoms. The molecule has 0 bridgehead atoms. The number of aryl methyl sites for hydroxylation is 1. The van der Waals surface area contributed by atoms with Crippen molar-refractivity contribution in [2.75, 3.05) is 7.11 Å². The largest absolute Gasteiger partial charge is 0.497 e. The second-order valence-electron chi connectivity index (χ2n) is 6.95. The van der Waals surface area contributed by atoms with Crippen LogP contribution < -0.4 is 4.74 Å². The first-order chi connectivity index (χ1) is 14.6. The lowest BCUT2D eigenvalue weighted by Crippen LogP contribution is -2.05. The minimum absolute atomic E-state index is 0.108. The first kappa shape index (κ1) is 19.9. The van der Waals surface area contributed by atoms with Crippen LogP contribution in [0.5, 0.6) is 5.75 Å². The zero-order chi connectivity index (χ0) is 21.1. The molecule has 0 atom stereocenters. The van der Waals surface area contributed by atoms with Crippen molar-refractivity contribution in [1.29, 1.82) is 0 Å². The highest BCUT2D eigenvalue weighted by Crippen LogP contribution is 2.35. The number of nitrogens with zero attached hydrogens (tertiary/aromatic N) is 1. The van der Waals surface area contributed by atoms with E-state index in [2.05, 4.69) is 4.98 Å². The van der Waals surface area contributed by atoms with Gasteiger partial charge in [-0.2, -0.15) is 0 Å². The molecule has 0 saturated carbocycles. The third kappa shape index (κ3) is 3.98. The first-order valence-corrected chi connectivity index (χ1v) is 9.96. The number of carbonyl (C=O) groups excluding carboxylic acids is 1. The van der Waals surface area contributed by atoms with E-state index >= 15 is 0 Å². The summed E-state index contributed by atoms with van der Waals surface area (Å²) in [6.45, 7) is 1.87. The van der Waals surface area contributed by atoms with Crippen LogP contribution in [0.1, 0.15) is 21.6 Å². The molecule has 0 fully saturated rings. The molecular formula is C26H20ClNO2. The topological polar surface area (TPSA) is 39.2 Å². The van der Waals surface area contributed by atoms with Gasteiger partial charge in [0.25, 0.3) is 0 Å². The number of hydrogen-bond donors (Lipinski definition) is 0. The molecule has 0 saturated heterocycles. The van der Waals surface area contributed by atoms with E-state index < -0.39 is 0 Å².